The minimum absolute atomic E-state index is 0.124. The highest BCUT2D eigenvalue weighted by Crippen LogP contribution is 2.24. The molecule has 0 unspecified atom stereocenters. The number of halogens is 1. The largest absolute Gasteiger partial charge is 0.311 e. The van der Waals surface area contributed by atoms with E-state index in [2.05, 4.69) is 10.1 Å². The molecule has 5 aromatic rings. The summed E-state index contributed by atoms with van der Waals surface area (Å²) in [4.78, 5) is 18.2. The molecular formula is C26H23FN4O. The molecule has 5 rings (SSSR count). The first kappa shape index (κ1) is 20.0. The highest BCUT2D eigenvalue weighted by atomic mass is 19.1. The summed E-state index contributed by atoms with van der Waals surface area (Å²) in [5.41, 5.74) is 6.20. The van der Waals surface area contributed by atoms with Crippen molar-refractivity contribution in [2.75, 3.05) is 0 Å². The van der Waals surface area contributed by atoms with Crippen LogP contribution in [0.25, 0.3) is 28.2 Å². The molecule has 3 aromatic carbocycles. The summed E-state index contributed by atoms with van der Waals surface area (Å²) in [7, 11) is 1.90. The van der Waals surface area contributed by atoms with E-state index in [-0.39, 0.29) is 11.4 Å². The van der Waals surface area contributed by atoms with E-state index in [1.54, 1.807) is 12.1 Å². The lowest BCUT2D eigenvalue weighted by Crippen LogP contribution is -2.20. The molecule has 0 aliphatic carbocycles. The normalized spacial score (nSPS) is 11.3. The number of hydrogen-bond donors (Lipinski definition) is 1. The zero-order valence-electron chi connectivity index (χ0n) is 18.0. The second-order valence-corrected chi connectivity index (χ2v) is 8.06. The summed E-state index contributed by atoms with van der Waals surface area (Å²) in [6.45, 7) is 2.03. The van der Waals surface area contributed by atoms with E-state index < -0.39 is 0 Å². The van der Waals surface area contributed by atoms with E-state index in [9.17, 15) is 9.18 Å². The number of nitrogens with zero attached hydrogens (tertiary/aromatic N) is 3. The van der Waals surface area contributed by atoms with Crippen LogP contribution in [0.1, 0.15) is 16.7 Å². The Hall–Kier alpha value is -3.93. The number of fused-ring (bicyclic) bond motifs is 1. The van der Waals surface area contributed by atoms with Gasteiger partial charge in [0.15, 0.2) is 0 Å². The van der Waals surface area contributed by atoms with Gasteiger partial charge in [-0.2, -0.15) is 4.68 Å². The highest BCUT2D eigenvalue weighted by Gasteiger charge is 2.20. The number of imidazole rings is 1. The fraction of sp³-hybridized carbons (Fsp3) is 0.154. The Kier molecular flexibility index (Phi) is 4.98. The van der Waals surface area contributed by atoms with Crippen molar-refractivity contribution in [1.82, 2.24) is 19.3 Å². The van der Waals surface area contributed by atoms with Crippen LogP contribution in [0.2, 0.25) is 0 Å². The molecule has 0 radical (unpaired) electrons. The molecule has 0 amide bonds. The zero-order chi connectivity index (χ0) is 22.2. The minimum atomic E-state index is -0.264. The summed E-state index contributed by atoms with van der Waals surface area (Å²) < 4.78 is 16.7. The van der Waals surface area contributed by atoms with Crippen molar-refractivity contribution in [3.63, 3.8) is 0 Å². The van der Waals surface area contributed by atoms with Crippen molar-refractivity contribution >= 4 is 11.0 Å². The number of benzene rings is 3. The quantitative estimate of drug-likeness (QED) is 0.432. The molecule has 2 aromatic heterocycles. The first-order valence-electron chi connectivity index (χ1n) is 10.6. The van der Waals surface area contributed by atoms with Crippen LogP contribution in [-0.4, -0.2) is 19.3 Å². The Morgan fingerprint density at radius 1 is 0.938 bits per heavy atom. The lowest BCUT2D eigenvalue weighted by molar-refractivity contribution is 0.627. The van der Waals surface area contributed by atoms with Gasteiger partial charge in [0.2, 0.25) is 5.95 Å². The van der Waals surface area contributed by atoms with E-state index in [1.807, 2.05) is 67.1 Å². The van der Waals surface area contributed by atoms with E-state index in [4.69, 9.17) is 0 Å². The predicted octanol–water partition coefficient (Wildman–Crippen LogP) is 4.95. The van der Waals surface area contributed by atoms with Gasteiger partial charge >= 0.3 is 0 Å². The van der Waals surface area contributed by atoms with E-state index in [1.165, 1.54) is 16.8 Å². The zero-order valence-corrected chi connectivity index (χ0v) is 18.0. The lowest BCUT2D eigenvalue weighted by atomic mass is 10.0. The standard InChI is InChI=1S/C26H23FN4O/c1-17-7-12-19(13-8-17)24-21(16-11-18-9-14-20(27)15-10-18)25(32)31(29-24)26-28-22-5-3-4-6-23(22)30(26)2/h3-10,12-15,29H,11,16H2,1-2H3. The van der Waals surface area contributed by atoms with Crippen molar-refractivity contribution in [3.05, 3.63) is 106 Å². The van der Waals surface area contributed by atoms with Gasteiger partial charge in [0, 0.05) is 12.6 Å². The van der Waals surface area contributed by atoms with E-state index in [0.29, 0.717) is 24.4 Å². The Morgan fingerprint density at radius 3 is 2.38 bits per heavy atom. The van der Waals surface area contributed by atoms with Crippen LogP contribution >= 0.6 is 0 Å². The molecule has 2 heterocycles. The fourth-order valence-electron chi connectivity index (χ4n) is 4.06. The molecule has 0 aliphatic rings. The molecule has 0 aliphatic heterocycles. The van der Waals surface area contributed by atoms with Crippen LogP contribution in [0.4, 0.5) is 4.39 Å². The molecule has 5 nitrogen and oxygen atoms in total. The van der Waals surface area contributed by atoms with Crippen molar-refractivity contribution in [2.45, 2.75) is 19.8 Å². The van der Waals surface area contributed by atoms with Gasteiger partial charge in [0.25, 0.3) is 5.56 Å². The summed E-state index contributed by atoms with van der Waals surface area (Å²) in [6, 6.07) is 22.3. The fourth-order valence-corrected chi connectivity index (χ4v) is 4.06. The van der Waals surface area contributed by atoms with Gasteiger partial charge in [-0.1, -0.05) is 54.1 Å². The van der Waals surface area contributed by atoms with Crippen molar-refractivity contribution in [3.8, 4) is 17.2 Å². The average molecular weight is 426 g/mol. The van der Waals surface area contributed by atoms with Crippen LogP contribution in [0.5, 0.6) is 0 Å². The number of H-pyrrole nitrogens is 1. The van der Waals surface area contributed by atoms with Crippen molar-refractivity contribution < 1.29 is 4.39 Å². The molecule has 1 N–H and O–H groups in total. The molecular weight excluding hydrogens is 403 g/mol. The lowest BCUT2D eigenvalue weighted by Gasteiger charge is -2.04. The Bertz CT molecular complexity index is 1460. The third-order valence-electron chi connectivity index (χ3n) is 5.87. The van der Waals surface area contributed by atoms with Gasteiger partial charge in [-0.25, -0.2) is 9.37 Å². The van der Waals surface area contributed by atoms with Gasteiger partial charge < -0.3 is 4.57 Å². The van der Waals surface area contributed by atoms with Crippen LogP contribution in [0, 0.1) is 12.7 Å². The van der Waals surface area contributed by atoms with Crippen molar-refractivity contribution in [2.24, 2.45) is 7.05 Å². The third kappa shape index (κ3) is 3.54. The SMILES string of the molecule is Cc1ccc(-c2[nH]n(-c3nc4ccccc4n3C)c(=O)c2CCc2ccc(F)cc2)cc1. The number of aryl methyl sites for hydroxylation is 3. The summed E-state index contributed by atoms with van der Waals surface area (Å²) >= 11 is 0. The Morgan fingerprint density at radius 2 is 1.66 bits per heavy atom. The second-order valence-electron chi connectivity index (χ2n) is 8.06. The molecule has 0 fully saturated rings. The van der Waals surface area contributed by atoms with Gasteiger partial charge in [0.05, 0.1) is 16.7 Å². The number of aromatic amines is 1. The first-order valence-corrected chi connectivity index (χ1v) is 10.6. The maximum absolute atomic E-state index is 13.6. The second kappa shape index (κ2) is 7.96. The number of nitrogens with one attached hydrogen (secondary N) is 1. The molecule has 160 valence electrons. The number of hydrogen-bond acceptors (Lipinski definition) is 2. The Balaban J connectivity index is 1.62. The van der Waals surface area contributed by atoms with Gasteiger partial charge in [-0.05, 0) is 55.2 Å². The van der Waals surface area contributed by atoms with Gasteiger partial charge in [-0.15, -0.1) is 0 Å². The molecule has 0 spiro atoms. The van der Waals surface area contributed by atoms with Crippen LogP contribution in [0.15, 0.2) is 77.6 Å². The smallest absolute Gasteiger partial charge is 0.277 e. The number of para-hydroxylation sites is 2. The average Bonchev–Trinajstić information content (AvgIpc) is 3.31. The molecule has 0 saturated carbocycles. The van der Waals surface area contributed by atoms with E-state index in [0.717, 1.165) is 33.4 Å². The highest BCUT2D eigenvalue weighted by molar-refractivity contribution is 5.77. The summed E-state index contributed by atoms with van der Waals surface area (Å²) in [6.07, 6.45) is 1.16. The number of aromatic nitrogens is 4. The molecule has 0 bridgehead atoms. The van der Waals surface area contributed by atoms with Crippen molar-refractivity contribution in [1.29, 1.82) is 0 Å². The Labute approximate surface area is 184 Å². The van der Waals surface area contributed by atoms with Crippen LogP contribution < -0.4 is 5.56 Å². The maximum atomic E-state index is 13.6. The first-order chi connectivity index (χ1) is 15.5. The molecule has 32 heavy (non-hydrogen) atoms. The van der Waals surface area contributed by atoms with Gasteiger partial charge in [-0.3, -0.25) is 9.89 Å². The van der Waals surface area contributed by atoms with Crippen LogP contribution in [0.3, 0.4) is 0 Å². The van der Waals surface area contributed by atoms with E-state index >= 15 is 0 Å². The summed E-state index contributed by atoms with van der Waals surface area (Å²) in [5.74, 6) is 0.275. The predicted molar refractivity (Wildman–Crippen MR) is 125 cm³/mol. The number of rotatable bonds is 5. The third-order valence-corrected chi connectivity index (χ3v) is 5.87. The maximum Gasteiger partial charge on any atom is 0.277 e. The van der Waals surface area contributed by atoms with Crippen LogP contribution in [-0.2, 0) is 19.9 Å². The molecule has 0 saturated heterocycles. The topological polar surface area (TPSA) is 55.6 Å². The minimum Gasteiger partial charge on any atom is -0.311 e. The summed E-state index contributed by atoms with van der Waals surface area (Å²) in [5, 5.41) is 3.31. The molecule has 0 atom stereocenters. The van der Waals surface area contributed by atoms with Gasteiger partial charge in [0.1, 0.15) is 5.82 Å². The monoisotopic (exact) mass is 426 g/mol. The molecule has 6 heteroatoms.